The molecule has 0 unspecified atom stereocenters. The van der Waals surface area contributed by atoms with E-state index in [1.807, 2.05) is 0 Å². The van der Waals surface area contributed by atoms with E-state index in [-0.39, 0.29) is 11.8 Å². The minimum absolute atomic E-state index is 0.161. The molecule has 22 heavy (non-hydrogen) atoms. The van der Waals surface area contributed by atoms with Crippen LogP contribution < -0.4 is 14.8 Å². The van der Waals surface area contributed by atoms with E-state index < -0.39 is 26.7 Å². The Kier molecular flexibility index (Phi) is 6.44. The Hall–Kier alpha value is -1.07. The van der Waals surface area contributed by atoms with Gasteiger partial charge in [0.25, 0.3) is 0 Å². The molecule has 1 heterocycles. The predicted octanol–water partition coefficient (Wildman–Crippen LogP) is 1.55. The third kappa shape index (κ3) is 7.27. The Labute approximate surface area is 141 Å². The van der Waals surface area contributed by atoms with Crippen LogP contribution in [-0.4, -0.2) is 41.9 Å². The molecule has 13 heteroatoms. The number of hydrogen-bond acceptors (Lipinski definition) is 7. The summed E-state index contributed by atoms with van der Waals surface area (Å²) < 4.78 is 31.7. The van der Waals surface area contributed by atoms with Gasteiger partial charge in [0.2, 0.25) is 15.6 Å². The SMILES string of the molecule is COc1cc(C)nc(NC(=O)NS(=O)(=O)OCC(Cl)(Cl)Cl)n1. The number of ether oxygens (including phenoxy) is 1. The van der Waals surface area contributed by atoms with Crippen LogP contribution in [0.25, 0.3) is 0 Å². The van der Waals surface area contributed by atoms with Gasteiger partial charge in [0.1, 0.15) is 6.61 Å². The number of nitrogens with one attached hydrogen (secondary N) is 2. The summed E-state index contributed by atoms with van der Waals surface area (Å²) in [6.45, 7) is 0.864. The Balaban J connectivity index is 2.68. The summed E-state index contributed by atoms with van der Waals surface area (Å²) in [5.41, 5.74) is 0.498. The molecule has 9 nitrogen and oxygen atoms in total. The number of alkyl halides is 3. The van der Waals surface area contributed by atoms with Crippen molar-refractivity contribution in [3.8, 4) is 5.88 Å². The molecule has 0 spiro atoms. The maximum Gasteiger partial charge on any atom is 0.363 e. The average molecular weight is 394 g/mol. The molecule has 0 bridgehead atoms. The van der Waals surface area contributed by atoms with Crippen molar-refractivity contribution in [2.24, 2.45) is 0 Å². The number of halogens is 3. The smallest absolute Gasteiger partial charge is 0.363 e. The van der Waals surface area contributed by atoms with E-state index >= 15 is 0 Å². The van der Waals surface area contributed by atoms with E-state index in [2.05, 4.69) is 19.5 Å². The lowest BCUT2D eigenvalue weighted by Gasteiger charge is -2.12. The van der Waals surface area contributed by atoms with Gasteiger partial charge in [-0.1, -0.05) is 34.8 Å². The van der Waals surface area contributed by atoms with E-state index in [9.17, 15) is 13.2 Å². The normalized spacial score (nSPS) is 11.9. The first-order chi connectivity index (χ1) is 10.0. The fourth-order valence-electron chi connectivity index (χ4n) is 1.11. The van der Waals surface area contributed by atoms with Gasteiger partial charge in [0, 0.05) is 11.8 Å². The number of anilines is 1. The van der Waals surface area contributed by atoms with Gasteiger partial charge in [-0.25, -0.2) is 18.7 Å². The molecule has 0 aromatic carbocycles. The number of carbonyl (C=O) groups excluding carboxylic acids is 1. The lowest BCUT2D eigenvalue weighted by Crippen LogP contribution is -2.37. The van der Waals surface area contributed by atoms with Gasteiger partial charge >= 0.3 is 16.3 Å². The molecule has 0 saturated carbocycles. The van der Waals surface area contributed by atoms with E-state index in [1.165, 1.54) is 17.9 Å². The first-order valence-corrected chi connectivity index (χ1v) is 7.99. The van der Waals surface area contributed by atoms with Crippen LogP contribution >= 0.6 is 34.8 Å². The van der Waals surface area contributed by atoms with E-state index in [1.54, 1.807) is 6.92 Å². The quantitative estimate of drug-likeness (QED) is 0.728. The third-order valence-corrected chi connectivity index (χ3v) is 3.05. The van der Waals surface area contributed by atoms with Gasteiger partial charge in [0.15, 0.2) is 0 Å². The van der Waals surface area contributed by atoms with Crippen molar-refractivity contribution in [2.75, 3.05) is 19.0 Å². The van der Waals surface area contributed by atoms with Crippen molar-refractivity contribution in [2.45, 2.75) is 10.7 Å². The molecule has 0 aliphatic rings. The number of urea groups is 1. The van der Waals surface area contributed by atoms with Crippen molar-refractivity contribution >= 4 is 57.1 Å². The van der Waals surface area contributed by atoms with Crippen LogP contribution in [0.2, 0.25) is 0 Å². The zero-order valence-electron chi connectivity index (χ0n) is 11.3. The Morgan fingerprint density at radius 2 is 2.00 bits per heavy atom. The standard InChI is InChI=1S/C9H11Cl3N4O5S/c1-5-3-6(20-2)14-7(13-5)15-8(17)16-22(18,19)21-4-9(10,11)12/h3H,4H2,1-2H3,(H2,13,14,15,16,17). The van der Waals surface area contributed by atoms with Crippen LogP contribution in [0.4, 0.5) is 10.7 Å². The molecular weight excluding hydrogens is 383 g/mol. The van der Waals surface area contributed by atoms with Crippen LogP contribution in [0.5, 0.6) is 5.88 Å². The molecule has 0 fully saturated rings. The molecular formula is C9H11Cl3N4O5S. The van der Waals surface area contributed by atoms with Crippen molar-refractivity contribution in [1.29, 1.82) is 0 Å². The molecule has 0 saturated heterocycles. The second-order valence-corrected chi connectivity index (χ2v) is 7.63. The number of methoxy groups -OCH3 is 1. The number of amides is 2. The highest BCUT2D eigenvalue weighted by Gasteiger charge is 2.25. The largest absolute Gasteiger partial charge is 0.481 e. The number of rotatable bonds is 5. The third-order valence-electron chi connectivity index (χ3n) is 1.86. The number of nitrogens with zero attached hydrogens (tertiary/aromatic N) is 2. The van der Waals surface area contributed by atoms with E-state index in [0.29, 0.717) is 5.69 Å². The molecule has 2 N–H and O–H groups in total. The molecule has 0 aliphatic heterocycles. The lowest BCUT2D eigenvalue weighted by molar-refractivity contribution is 0.253. The van der Waals surface area contributed by atoms with Gasteiger partial charge in [-0.3, -0.25) is 5.32 Å². The average Bonchev–Trinajstić information content (AvgIpc) is 2.34. The van der Waals surface area contributed by atoms with Gasteiger partial charge < -0.3 is 4.74 Å². The van der Waals surface area contributed by atoms with E-state index in [4.69, 9.17) is 39.5 Å². The minimum Gasteiger partial charge on any atom is -0.481 e. The zero-order chi connectivity index (χ0) is 17.0. The first kappa shape index (κ1) is 19.0. The Morgan fingerprint density at radius 1 is 1.36 bits per heavy atom. The molecule has 1 rings (SSSR count). The van der Waals surface area contributed by atoms with Crippen LogP contribution in [-0.2, 0) is 14.5 Å². The van der Waals surface area contributed by atoms with Crippen LogP contribution in [0.15, 0.2) is 6.07 Å². The number of hydrogen-bond donors (Lipinski definition) is 2. The highest BCUT2D eigenvalue weighted by Crippen LogP contribution is 2.26. The Bertz CT molecular complexity index is 649. The fraction of sp³-hybridized carbons (Fsp3) is 0.444. The van der Waals surface area contributed by atoms with E-state index in [0.717, 1.165) is 0 Å². The molecule has 2 amide bonds. The zero-order valence-corrected chi connectivity index (χ0v) is 14.3. The van der Waals surface area contributed by atoms with Gasteiger partial charge in [-0.05, 0) is 6.92 Å². The summed E-state index contributed by atoms with van der Waals surface area (Å²) in [4.78, 5) is 19.2. The maximum atomic E-state index is 11.6. The molecule has 0 atom stereocenters. The molecule has 1 aromatic heterocycles. The fourth-order valence-corrected chi connectivity index (χ4v) is 2.14. The maximum absolute atomic E-state index is 11.6. The van der Waals surface area contributed by atoms with Gasteiger partial charge in [-0.15, -0.1) is 0 Å². The van der Waals surface area contributed by atoms with Crippen molar-refractivity contribution in [3.05, 3.63) is 11.8 Å². The van der Waals surface area contributed by atoms with Crippen LogP contribution in [0.3, 0.4) is 0 Å². The number of carbonyl (C=O) groups is 1. The monoisotopic (exact) mass is 392 g/mol. The molecule has 124 valence electrons. The molecule has 1 aromatic rings. The number of aryl methyl sites for hydroxylation is 1. The molecule has 0 radical (unpaired) electrons. The second kappa shape index (κ2) is 7.47. The highest BCUT2D eigenvalue weighted by molar-refractivity contribution is 7.85. The predicted molar refractivity (Wildman–Crippen MR) is 80.6 cm³/mol. The minimum atomic E-state index is -4.46. The molecule has 0 aliphatic carbocycles. The summed E-state index contributed by atoms with van der Waals surface area (Å²) in [5, 5.41) is 2.10. The van der Waals surface area contributed by atoms with Gasteiger partial charge in [-0.2, -0.15) is 13.4 Å². The van der Waals surface area contributed by atoms with Crippen molar-refractivity contribution < 1.29 is 22.1 Å². The lowest BCUT2D eigenvalue weighted by atomic mass is 10.4. The second-order valence-electron chi connectivity index (χ2n) is 3.76. The summed E-state index contributed by atoms with van der Waals surface area (Å²) >= 11 is 16.0. The van der Waals surface area contributed by atoms with Crippen LogP contribution in [0.1, 0.15) is 5.69 Å². The topological polar surface area (TPSA) is 120 Å². The van der Waals surface area contributed by atoms with Crippen molar-refractivity contribution in [1.82, 2.24) is 14.7 Å². The summed E-state index contributed by atoms with van der Waals surface area (Å²) in [6.07, 6.45) is 0. The summed E-state index contributed by atoms with van der Waals surface area (Å²) in [6, 6.07) is 0.362. The highest BCUT2D eigenvalue weighted by atomic mass is 35.6. The van der Waals surface area contributed by atoms with Crippen molar-refractivity contribution in [3.63, 3.8) is 0 Å². The summed E-state index contributed by atoms with van der Waals surface area (Å²) in [7, 11) is -3.09. The van der Waals surface area contributed by atoms with Crippen LogP contribution in [0, 0.1) is 6.92 Å². The summed E-state index contributed by atoms with van der Waals surface area (Å²) in [5.74, 6) is 0.0315. The first-order valence-electron chi connectivity index (χ1n) is 5.45. The van der Waals surface area contributed by atoms with Gasteiger partial charge in [0.05, 0.1) is 7.11 Å². The Morgan fingerprint density at radius 3 is 2.55 bits per heavy atom. The number of aromatic nitrogens is 2.